The molecule has 1 atom stereocenters. The van der Waals surface area contributed by atoms with Crippen molar-refractivity contribution < 1.29 is 18.8 Å². The molecule has 5 nitrogen and oxygen atoms in total. The Balaban J connectivity index is 4.51. The van der Waals surface area contributed by atoms with Crippen LogP contribution < -0.4 is 0 Å². The van der Waals surface area contributed by atoms with Crippen LogP contribution >= 0.6 is 7.60 Å². The third-order valence-electron chi connectivity index (χ3n) is 0.864. The zero-order valence-corrected chi connectivity index (χ0v) is 6.51. The third-order valence-corrected chi connectivity index (χ3v) is 2.24. The fourth-order valence-corrected chi connectivity index (χ4v) is 0.871. The monoisotopic (exact) mass is 165 g/mol. The molecule has 2 N–H and O–H groups in total. The van der Waals surface area contributed by atoms with Crippen molar-refractivity contribution in [3.05, 3.63) is 0 Å². The molecular weight excluding hydrogens is 157 g/mol. The first kappa shape index (κ1) is 9.49. The third kappa shape index (κ3) is 2.02. The summed E-state index contributed by atoms with van der Waals surface area (Å²) in [5.74, 6) is -0.757. The lowest BCUT2D eigenvalue weighted by Gasteiger charge is -2.05. The highest BCUT2D eigenvalue weighted by atomic mass is 31.2. The second-order valence-corrected chi connectivity index (χ2v) is 3.46. The molecule has 6 heteroatoms. The average molecular weight is 165 g/mol. The molecule has 0 aliphatic rings. The van der Waals surface area contributed by atoms with Gasteiger partial charge in [0.1, 0.15) is 0 Å². The Kier molecular flexibility index (Phi) is 2.90. The standard InChI is InChI=1S/C4H8NO4P/c1-3(6)4(5)10(7,8)9-2/h5H,1-2H3,(H,7,8). The van der Waals surface area contributed by atoms with Crippen molar-refractivity contribution in [2.24, 2.45) is 0 Å². The highest BCUT2D eigenvalue weighted by molar-refractivity contribution is 7.74. The van der Waals surface area contributed by atoms with Gasteiger partial charge in [0.25, 0.3) is 0 Å². The molecule has 0 aromatic heterocycles. The molecule has 10 heavy (non-hydrogen) atoms. The molecule has 0 aromatic rings. The van der Waals surface area contributed by atoms with E-state index >= 15 is 0 Å². The maximum atomic E-state index is 10.6. The van der Waals surface area contributed by atoms with Gasteiger partial charge >= 0.3 is 7.60 Å². The zero-order valence-electron chi connectivity index (χ0n) is 5.62. The van der Waals surface area contributed by atoms with Crippen LogP contribution in [0.15, 0.2) is 0 Å². The lowest BCUT2D eigenvalue weighted by atomic mass is 10.5. The van der Waals surface area contributed by atoms with E-state index in [1.54, 1.807) is 0 Å². The van der Waals surface area contributed by atoms with Gasteiger partial charge in [-0.1, -0.05) is 0 Å². The summed E-state index contributed by atoms with van der Waals surface area (Å²) in [6.45, 7) is 1.03. The molecule has 0 heterocycles. The van der Waals surface area contributed by atoms with Crippen molar-refractivity contribution in [3.63, 3.8) is 0 Å². The molecule has 1 unspecified atom stereocenters. The molecule has 0 amide bonds. The van der Waals surface area contributed by atoms with Gasteiger partial charge in [-0.2, -0.15) is 0 Å². The second kappa shape index (κ2) is 3.05. The number of Topliss-reactive ketones (excluding diaryl/α,β-unsaturated/α-hetero) is 1. The lowest BCUT2D eigenvalue weighted by molar-refractivity contribution is -0.110. The van der Waals surface area contributed by atoms with Crippen LogP contribution in [0.25, 0.3) is 0 Å². The van der Waals surface area contributed by atoms with Crippen LogP contribution in [-0.2, 0) is 13.9 Å². The molecule has 0 saturated carbocycles. The summed E-state index contributed by atoms with van der Waals surface area (Å²) in [5.41, 5.74) is -0.880. The van der Waals surface area contributed by atoms with E-state index in [9.17, 15) is 9.36 Å². The van der Waals surface area contributed by atoms with Gasteiger partial charge in [0.15, 0.2) is 11.2 Å². The van der Waals surface area contributed by atoms with Crippen molar-refractivity contribution in [2.75, 3.05) is 7.11 Å². The first-order valence-electron chi connectivity index (χ1n) is 2.40. The maximum Gasteiger partial charge on any atom is 0.379 e. The molecule has 0 fully saturated rings. The van der Waals surface area contributed by atoms with Gasteiger partial charge in [0, 0.05) is 14.0 Å². The fraction of sp³-hybridized carbons (Fsp3) is 0.500. The highest BCUT2D eigenvalue weighted by Crippen LogP contribution is 2.41. The molecule has 0 aromatic carbocycles. The van der Waals surface area contributed by atoms with Gasteiger partial charge in [-0.3, -0.25) is 14.8 Å². The summed E-state index contributed by atoms with van der Waals surface area (Å²) in [4.78, 5) is 19.0. The van der Waals surface area contributed by atoms with Crippen LogP contribution in [0.1, 0.15) is 6.92 Å². The molecule has 0 aliphatic heterocycles. The van der Waals surface area contributed by atoms with Crippen molar-refractivity contribution in [2.45, 2.75) is 6.92 Å². The molecule has 0 saturated heterocycles. The van der Waals surface area contributed by atoms with Gasteiger partial charge in [0.05, 0.1) is 0 Å². The lowest BCUT2D eigenvalue weighted by Crippen LogP contribution is -2.09. The average Bonchev–Trinajstić information content (AvgIpc) is 1.86. The van der Waals surface area contributed by atoms with Crippen molar-refractivity contribution >= 4 is 18.8 Å². The maximum absolute atomic E-state index is 10.6. The smallest absolute Gasteiger partial charge is 0.320 e. The van der Waals surface area contributed by atoms with Gasteiger partial charge < -0.3 is 9.42 Å². The first-order chi connectivity index (χ1) is 4.41. The van der Waals surface area contributed by atoms with E-state index in [-0.39, 0.29) is 0 Å². The van der Waals surface area contributed by atoms with Crippen LogP contribution in [0, 0.1) is 5.41 Å². The quantitative estimate of drug-likeness (QED) is 0.467. The number of hydrogen-bond donors (Lipinski definition) is 2. The van der Waals surface area contributed by atoms with Crippen molar-refractivity contribution in [3.8, 4) is 0 Å². The predicted molar refractivity (Wildman–Crippen MR) is 35.2 cm³/mol. The Hall–Kier alpha value is -0.510. The minimum absolute atomic E-state index is 0.757. The van der Waals surface area contributed by atoms with Crippen molar-refractivity contribution in [1.82, 2.24) is 0 Å². The van der Waals surface area contributed by atoms with Crippen molar-refractivity contribution in [1.29, 1.82) is 5.41 Å². The Morgan fingerprint density at radius 2 is 2.10 bits per heavy atom. The van der Waals surface area contributed by atoms with Gasteiger partial charge in [-0.15, -0.1) is 0 Å². The number of ketones is 1. The van der Waals surface area contributed by atoms with E-state index in [2.05, 4.69) is 4.52 Å². The largest absolute Gasteiger partial charge is 0.379 e. The topological polar surface area (TPSA) is 87.4 Å². The fourth-order valence-electron chi connectivity index (χ4n) is 0.290. The van der Waals surface area contributed by atoms with E-state index in [0.29, 0.717) is 0 Å². The normalized spacial score (nSPS) is 15.9. The van der Waals surface area contributed by atoms with E-state index in [0.717, 1.165) is 14.0 Å². The van der Waals surface area contributed by atoms with E-state index < -0.39 is 18.8 Å². The number of carbonyl (C=O) groups excluding carboxylic acids is 1. The van der Waals surface area contributed by atoms with Gasteiger partial charge in [-0.05, 0) is 0 Å². The second-order valence-electron chi connectivity index (χ2n) is 1.61. The number of carbonyl (C=O) groups is 1. The summed E-state index contributed by atoms with van der Waals surface area (Å²) in [6.07, 6.45) is 0. The molecule has 0 aliphatic carbocycles. The summed E-state index contributed by atoms with van der Waals surface area (Å²) >= 11 is 0. The molecule has 0 bridgehead atoms. The van der Waals surface area contributed by atoms with E-state index in [4.69, 9.17) is 10.3 Å². The van der Waals surface area contributed by atoms with Crippen LogP contribution in [0.4, 0.5) is 0 Å². The molecule has 0 radical (unpaired) electrons. The zero-order chi connectivity index (χ0) is 8.36. The first-order valence-corrected chi connectivity index (χ1v) is 3.98. The Labute approximate surface area is 58.1 Å². The summed E-state index contributed by atoms with van der Waals surface area (Å²) in [5, 5.41) is 6.76. The SMILES string of the molecule is COP(=O)(O)C(=N)C(C)=O. The molecule has 0 rings (SSSR count). The van der Waals surface area contributed by atoms with Crippen LogP contribution in [0.3, 0.4) is 0 Å². The molecule has 58 valence electrons. The Bertz CT molecular complexity index is 211. The summed E-state index contributed by atoms with van der Waals surface area (Å²) in [7, 11) is -3.12. The molecular formula is C4H8NO4P. The van der Waals surface area contributed by atoms with Gasteiger partial charge in [-0.25, -0.2) is 0 Å². The van der Waals surface area contributed by atoms with Crippen LogP contribution in [-0.4, -0.2) is 23.2 Å². The van der Waals surface area contributed by atoms with Crippen LogP contribution in [0.2, 0.25) is 0 Å². The minimum Gasteiger partial charge on any atom is -0.320 e. The number of rotatable bonds is 3. The predicted octanol–water partition coefficient (Wildman–Crippen LogP) is 0.384. The van der Waals surface area contributed by atoms with Crippen LogP contribution in [0.5, 0.6) is 0 Å². The highest BCUT2D eigenvalue weighted by Gasteiger charge is 2.27. The Morgan fingerprint density at radius 1 is 1.70 bits per heavy atom. The summed E-state index contributed by atoms with van der Waals surface area (Å²) in [6, 6.07) is 0. The molecule has 0 spiro atoms. The Morgan fingerprint density at radius 3 is 2.20 bits per heavy atom. The van der Waals surface area contributed by atoms with Gasteiger partial charge in [0.2, 0.25) is 0 Å². The number of nitrogens with one attached hydrogen (secondary N) is 1. The summed E-state index contributed by atoms with van der Waals surface area (Å²) < 4.78 is 14.6. The minimum atomic E-state index is -4.09. The van der Waals surface area contributed by atoms with E-state index in [1.807, 2.05) is 0 Å². The number of hydrogen-bond acceptors (Lipinski definition) is 4. The van der Waals surface area contributed by atoms with E-state index in [1.165, 1.54) is 0 Å².